The fourth-order valence-electron chi connectivity index (χ4n) is 4.95. The summed E-state index contributed by atoms with van der Waals surface area (Å²) in [5.41, 5.74) is 5.77. The molecule has 2 N–H and O–H groups in total. The van der Waals surface area contributed by atoms with Gasteiger partial charge >= 0.3 is 5.97 Å². The van der Waals surface area contributed by atoms with Crippen LogP contribution in [0.3, 0.4) is 0 Å². The number of H-pyrrole nitrogens is 1. The SMILES string of the molecule is CCCc1cc(C(=O)N[C@@H](CC(=O)OCC)Cc2ccccc2)nn1Cc1ccc(-c2ccccc2-c2nnn[nH]2)nc1. The van der Waals surface area contributed by atoms with Crippen molar-refractivity contribution in [1.29, 1.82) is 0 Å². The van der Waals surface area contributed by atoms with Gasteiger partial charge in [0.2, 0.25) is 0 Å². The Morgan fingerprint density at radius 2 is 1.77 bits per heavy atom. The molecule has 5 aromatic rings. The molecule has 11 heteroatoms. The number of aryl methyl sites for hydroxylation is 1. The first-order valence-corrected chi connectivity index (χ1v) is 14.4. The molecule has 0 radical (unpaired) electrons. The predicted molar refractivity (Wildman–Crippen MR) is 161 cm³/mol. The number of hydrogen-bond acceptors (Lipinski definition) is 8. The van der Waals surface area contributed by atoms with E-state index in [-0.39, 0.29) is 24.9 Å². The largest absolute Gasteiger partial charge is 0.466 e. The van der Waals surface area contributed by atoms with Gasteiger partial charge in [0.1, 0.15) is 5.69 Å². The highest BCUT2D eigenvalue weighted by Gasteiger charge is 2.22. The molecular weight excluding hydrogens is 544 g/mol. The summed E-state index contributed by atoms with van der Waals surface area (Å²) in [7, 11) is 0. The van der Waals surface area contributed by atoms with Crippen molar-refractivity contribution in [2.75, 3.05) is 6.61 Å². The fraction of sp³-hybridized carbons (Fsp3) is 0.281. The third kappa shape index (κ3) is 7.56. The molecule has 0 saturated carbocycles. The first-order valence-electron chi connectivity index (χ1n) is 14.4. The molecule has 0 saturated heterocycles. The zero-order valence-corrected chi connectivity index (χ0v) is 24.2. The molecule has 0 aliphatic rings. The number of ether oxygens (including phenoxy) is 1. The van der Waals surface area contributed by atoms with Crippen molar-refractivity contribution in [3.63, 3.8) is 0 Å². The van der Waals surface area contributed by atoms with Gasteiger partial charge in [-0.1, -0.05) is 74.0 Å². The summed E-state index contributed by atoms with van der Waals surface area (Å²) >= 11 is 0. The van der Waals surface area contributed by atoms with Gasteiger partial charge in [-0.15, -0.1) is 5.10 Å². The maximum absolute atomic E-state index is 13.4. The average Bonchev–Trinajstić information content (AvgIpc) is 3.69. The van der Waals surface area contributed by atoms with Gasteiger partial charge in [-0.25, -0.2) is 5.10 Å². The maximum Gasteiger partial charge on any atom is 0.307 e. The number of benzene rings is 2. The van der Waals surface area contributed by atoms with E-state index in [2.05, 4.69) is 38.0 Å². The molecule has 220 valence electrons. The zero-order chi connectivity index (χ0) is 30.0. The minimum absolute atomic E-state index is 0.0745. The van der Waals surface area contributed by atoms with E-state index in [4.69, 9.17) is 9.72 Å². The highest BCUT2D eigenvalue weighted by Crippen LogP contribution is 2.28. The number of nitrogens with one attached hydrogen (secondary N) is 2. The van der Waals surface area contributed by atoms with E-state index in [1.807, 2.05) is 83.7 Å². The first kappa shape index (κ1) is 29.3. The van der Waals surface area contributed by atoms with Crippen molar-refractivity contribution in [2.24, 2.45) is 0 Å². The van der Waals surface area contributed by atoms with Gasteiger partial charge < -0.3 is 10.1 Å². The van der Waals surface area contributed by atoms with Crippen LogP contribution in [-0.4, -0.2) is 59.9 Å². The normalized spacial score (nSPS) is 11.7. The molecule has 2 aromatic carbocycles. The van der Waals surface area contributed by atoms with Crippen LogP contribution >= 0.6 is 0 Å². The molecule has 5 rings (SSSR count). The Balaban J connectivity index is 1.32. The summed E-state index contributed by atoms with van der Waals surface area (Å²) in [4.78, 5) is 30.4. The van der Waals surface area contributed by atoms with Crippen LogP contribution < -0.4 is 5.32 Å². The van der Waals surface area contributed by atoms with Crippen LogP contribution in [0, 0.1) is 0 Å². The van der Waals surface area contributed by atoms with E-state index in [1.165, 1.54) is 0 Å². The van der Waals surface area contributed by atoms with Gasteiger partial charge in [-0.2, -0.15) is 5.10 Å². The van der Waals surface area contributed by atoms with Gasteiger partial charge in [0.15, 0.2) is 5.82 Å². The van der Waals surface area contributed by atoms with Crippen LogP contribution in [0.25, 0.3) is 22.6 Å². The Morgan fingerprint density at radius 1 is 0.977 bits per heavy atom. The summed E-state index contributed by atoms with van der Waals surface area (Å²) in [6.45, 7) is 4.60. The molecular formula is C32H34N8O3. The third-order valence-electron chi connectivity index (χ3n) is 6.94. The number of carbonyl (C=O) groups is 2. The Hall–Kier alpha value is -5.19. The summed E-state index contributed by atoms with van der Waals surface area (Å²) in [6.07, 6.45) is 4.06. The maximum atomic E-state index is 13.4. The topological polar surface area (TPSA) is 141 Å². The number of hydrogen-bond donors (Lipinski definition) is 2. The minimum Gasteiger partial charge on any atom is -0.466 e. The molecule has 0 aliphatic heterocycles. The van der Waals surface area contributed by atoms with Gasteiger partial charge in [0.05, 0.1) is 25.3 Å². The van der Waals surface area contributed by atoms with Crippen LogP contribution in [0.15, 0.2) is 79.0 Å². The Morgan fingerprint density at radius 3 is 2.47 bits per heavy atom. The lowest BCUT2D eigenvalue weighted by Crippen LogP contribution is -2.38. The van der Waals surface area contributed by atoms with Gasteiger partial charge in [-0.05, 0) is 53.5 Å². The second-order valence-corrected chi connectivity index (χ2v) is 10.1. The lowest BCUT2D eigenvalue weighted by molar-refractivity contribution is -0.143. The van der Waals surface area contributed by atoms with E-state index in [0.717, 1.165) is 46.5 Å². The van der Waals surface area contributed by atoms with Crippen molar-refractivity contribution in [2.45, 2.75) is 52.1 Å². The molecule has 0 aliphatic carbocycles. The second-order valence-electron chi connectivity index (χ2n) is 10.1. The molecule has 3 aromatic heterocycles. The third-order valence-corrected chi connectivity index (χ3v) is 6.94. The van der Waals surface area contributed by atoms with E-state index in [9.17, 15) is 9.59 Å². The summed E-state index contributed by atoms with van der Waals surface area (Å²) in [5.74, 6) is -0.105. The number of amides is 1. The Bertz CT molecular complexity index is 1630. The fourth-order valence-corrected chi connectivity index (χ4v) is 4.95. The van der Waals surface area contributed by atoms with Crippen molar-refractivity contribution < 1.29 is 14.3 Å². The number of tetrazole rings is 1. The number of aromatic nitrogens is 7. The smallest absolute Gasteiger partial charge is 0.307 e. The van der Waals surface area contributed by atoms with Crippen molar-refractivity contribution in [3.8, 4) is 22.6 Å². The van der Waals surface area contributed by atoms with E-state index < -0.39 is 6.04 Å². The lowest BCUT2D eigenvalue weighted by Gasteiger charge is -2.17. The van der Waals surface area contributed by atoms with Crippen molar-refractivity contribution in [1.82, 2.24) is 40.7 Å². The molecule has 11 nitrogen and oxygen atoms in total. The Kier molecular flexibility index (Phi) is 9.63. The zero-order valence-electron chi connectivity index (χ0n) is 24.2. The van der Waals surface area contributed by atoms with Gasteiger partial charge in [-0.3, -0.25) is 19.3 Å². The van der Waals surface area contributed by atoms with Crippen LogP contribution in [0.5, 0.6) is 0 Å². The monoisotopic (exact) mass is 578 g/mol. The predicted octanol–water partition coefficient (Wildman–Crippen LogP) is 4.42. The molecule has 0 unspecified atom stereocenters. The highest BCUT2D eigenvalue weighted by molar-refractivity contribution is 5.93. The van der Waals surface area contributed by atoms with Gasteiger partial charge in [0, 0.05) is 29.1 Å². The van der Waals surface area contributed by atoms with Crippen LogP contribution in [0.4, 0.5) is 0 Å². The van der Waals surface area contributed by atoms with E-state index >= 15 is 0 Å². The molecule has 0 bridgehead atoms. The molecule has 43 heavy (non-hydrogen) atoms. The number of carbonyl (C=O) groups excluding carboxylic acids is 2. The minimum atomic E-state index is -0.430. The quantitative estimate of drug-likeness (QED) is 0.196. The summed E-state index contributed by atoms with van der Waals surface area (Å²) < 4.78 is 7.00. The highest BCUT2D eigenvalue weighted by atomic mass is 16.5. The van der Waals surface area contributed by atoms with Crippen molar-refractivity contribution in [3.05, 3.63) is 102 Å². The van der Waals surface area contributed by atoms with E-state index in [0.29, 0.717) is 24.5 Å². The van der Waals surface area contributed by atoms with Gasteiger partial charge in [0.25, 0.3) is 5.91 Å². The van der Waals surface area contributed by atoms with Crippen molar-refractivity contribution >= 4 is 11.9 Å². The number of aromatic amines is 1. The van der Waals surface area contributed by atoms with Crippen LogP contribution in [-0.2, 0) is 28.9 Å². The second kappa shape index (κ2) is 14.1. The molecule has 3 heterocycles. The summed E-state index contributed by atoms with van der Waals surface area (Å²) in [5, 5.41) is 21.9. The molecule has 1 atom stereocenters. The van der Waals surface area contributed by atoms with E-state index in [1.54, 1.807) is 6.92 Å². The summed E-state index contributed by atoms with van der Waals surface area (Å²) in [6, 6.07) is 22.9. The standard InChI is InChI=1S/C32H34N8O3/c1-3-10-25-19-29(32(42)34-24(18-30(41)43-4-2)17-22-11-6-5-7-12-22)37-40(25)21-23-15-16-28(33-20-23)26-13-8-9-14-27(26)31-35-38-39-36-31/h5-9,11-16,19-20,24H,3-4,10,17-18,21H2,1-2H3,(H,34,42)(H,35,36,38,39)/t24-/m1/s1. The number of rotatable bonds is 13. The number of nitrogens with zero attached hydrogens (tertiary/aromatic N) is 6. The van der Waals surface area contributed by atoms with Crippen LogP contribution in [0.2, 0.25) is 0 Å². The first-order chi connectivity index (χ1) is 21.0. The number of esters is 1. The number of pyridine rings is 1. The molecule has 1 amide bonds. The average molecular weight is 579 g/mol. The molecule has 0 spiro atoms. The molecule has 0 fully saturated rings. The lowest BCUT2D eigenvalue weighted by atomic mass is 10.0. The van der Waals surface area contributed by atoms with Crippen LogP contribution in [0.1, 0.15) is 54.0 Å². The Labute approximate surface area is 249 Å².